The Kier molecular flexibility index (Phi) is 7.21. The number of anilines is 2. The highest BCUT2D eigenvalue weighted by atomic mass is 32.2. The van der Waals surface area contributed by atoms with Crippen molar-refractivity contribution in [3.63, 3.8) is 0 Å². The van der Waals surface area contributed by atoms with E-state index in [0.29, 0.717) is 0 Å². The number of aryl methyl sites for hydroxylation is 1. The molecule has 0 unspecified atom stereocenters. The quantitative estimate of drug-likeness (QED) is 0.732. The second kappa shape index (κ2) is 9.39. The second-order valence-corrected chi connectivity index (χ2v) is 7.05. The van der Waals surface area contributed by atoms with Gasteiger partial charge in [-0.05, 0) is 43.5 Å². The van der Waals surface area contributed by atoms with Crippen molar-refractivity contribution < 1.29 is 9.59 Å². The summed E-state index contributed by atoms with van der Waals surface area (Å²) in [7, 11) is 0. The van der Waals surface area contributed by atoms with Crippen molar-refractivity contribution in [2.24, 2.45) is 0 Å². The van der Waals surface area contributed by atoms with Gasteiger partial charge in [0.1, 0.15) is 0 Å². The Hall–Kier alpha value is -1.92. The number of hydrogen-bond acceptors (Lipinski definition) is 4. The monoisotopic (exact) mass is 360 g/mol. The normalized spacial score (nSPS) is 10.2. The first kappa shape index (κ1) is 18.4. The summed E-state index contributed by atoms with van der Waals surface area (Å²) in [5.74, 6) is 0.263. The first-order valence-electron chi connectivity index (χ1n) is 7.45. The molecular formula is C18H20N2O2S2. The number of rotatable bonds is 7. The fourth-order valence-electron chi connectivity index (χ4n) is 1.97. The van der Waals surface area contributed by atoms with Crippen molar-refractivity contribution >= 4 is 46.7 Å². The number of carbonyl (C=O) groups excluding carboxylic acids is 2. The molecule has 2 rings (SSSR count). The minimum absolute atomic E-state index is 0.110. The van der Waals surface area contributed by atoms with Crippen LogP contribution in [0, 0.1) is 6.92 Å². The van der Waals surface area contributed by atoms with Crippen molar-refractivity contribution in [2.75, 3.05) is 28.4 Å². The minimum atomic E-state index is -0.110. The highest BCUT2D eigenvalue weighted by Gasteiger charge is 2.07. The molecule has 0 aliphatic rings. The molecular weight excluding hydrogens is 340 g/mol. The smallest absolute Gasteiger partial charge is 0.234 e. The number of benzene rings is 2. The Balaban J connectivity index is 1.71. The van der Waals surface area contributed by atoms with E-state index in [9.17, 15) is 9.59 Å². The summed E-state index contributed by atoms with van der Waals surface area (Å²) in [6.45, 7) is 1.99. The van der Waals surface area contributed by atoms with Crippen LogP contribution in [0.5, 0.6) is 0 Å². The Morgan fingerprint density at radius 2 is 1.54 bits per heavy atom. The lowest BCUT2D eigenvalue weighted by Crippen LogP contribution is -2.18. The van der Waals surface area contributed by atoms with E-state index in [-0.39, 0.29) is 23.3 Å². The van der Waals surface area contributed by atoms with E-state index in [4.69, 9.17) is 0 Å². The number of carbonyl (C=O) groups is 2. The maximum absolute atomic E-state index is 11.9. The van der Waals surface area contributed by atoms with Crippen LogP contribution in [0.25, 0.3) is 0 Å². The summed E-state index contributed by atoms with van der Waals surface area (Å²) >= 11 is 2.92. The molecule has 0 heterocycles. The maximum atomic E-state index is 11.9. The maximum Gasteiger partial charge on any atom is 0.234 e. The van der Waals surface area contributed by atoms with E-state index in [2.05, 4.69) is 10.6 Å². The van der Waals surface area contributed by atoms with E-state index in [1.54, 1.807) is 11.8 Å². The van der Waals surface area contributed by atoms with E-state index in [1.165, 1.54) is 11.8 Å². The highest BCUT2D eigenvalue weighted by molar-refractivity contribution is 8.00. The van der Waals surface area contributed by atoms with Gasteiger partial charge in [0, 0.05) is 16.3 Å². The third-order valence-corrected chi connectivity index (χ3v) is 4.81. The van der Waals surface area contributed by atoms with E-state index < -0.39 is 0 Å². The molecule has 0 fully saturated rings. The number of nitrogens with one attached hydrogen (secondary N) is 2. The van der Waals surface area contributed by atoms with Crippen LogP contribution >= 0.6 is 23.5 Å². The Morgan fingerprint density at radius 1 is 0.917 bits per heavy atom. The third kappa shape index (κ3) is 6.29. The van der Waals surface area contributed by atoms with Crippen LogP contribution in [0.4, 0.5) is 11.4 Å². The van der Waals surface area contributed by atoms with Crippen molar-refractivity contribution in [3.05, 3.63) is 54.1 Å². The molecule has 126 valence electrons. The van der Waals surface area contributed by atoms with Crippen LogP contribution in [-0.4, -0.2) is 29.6 Å². The van der Waals surface area contributed by atoms with Gasteiger partial charge in [-0.25, -0.2) is 0 Å². The van der Waals surface area contributed by atoms with Crippen LogP contribution < -0.4 is 10.6 Å². The standard InChI is InChI=1S/C18H20N2O2S2/c1-13-6-8-14(9-7-13)19-17(21)11-24-12-18(22)20-15-4-3-5-16(10-15)23-2/h3-10H,11-12H2,1-2H3,(H,19,21)(H,20,22). The highest BCUT2D eigenvalue weighted by Crippen LogP contribution is 2.19. The molecule has 0 spiro atoms. The van der Waals surface area contributed by atoms with Gasteiger partial charge in [-0.2, -0.15) is 0 Å². The Bertz CT molecular complexity index is 702. The average molecular weight is 361 g/mol. The zero-order valence-corrected chi connectivity index (χ0v) is 15.3. The first-order chi connectivity index (χ1) is 11.6. The minimum Gasteiger partial charge on any atom is -0.325 e. The van der Waals surface area contributed by atoms with Gasteiger partial charge < -0.3 is 10.6 Å². The summed E-state index contributed by atoms with van der Waals surface area (Å²) in [5.41, 5.74) is 2.69. The molecule has 0 aromatic heterocycles. The van der Waals surface area contributed by atoms with Gasteiger partial charge in [-0.1, -0.05) is 23.8 Å². The molecule has 6 heteroatoms. The Labute approximate surface area is 150 Å². The SMILES string of the molecule is CSc1cccc(NC(=O)CSCC(=O)Nc2ccc(C)cc2)c1. The van der Waals surface area contributed by atoms with Gasteiger partial charge in [-0.3, -0.25) is 9.59 Å². The molecule has 0 radical (unpaired) electrons. The summed E-state index contributed by atoms with van der Waals surface area (Å²) in [5, 5.41) is 5.65. The zero-order valence-electron chi connectivity index (χ0n) is 13.7. The lowest BCUT2D eigenvalue weighted by atomic mass is 10.2. The van der Waals surface area contributed by atoms with E-state index in [1.807, 2.05) is 61.7 Å². The molecule has 24 heavy (non-hydrogen) atoms. The van der Waals surface area contributed by atoms with Crippen LogP contribution in [0.15, 0.2) is 53.4 Å². The van der Waals surface area contributed by atoms with Gasteiger partial charge in [0.2, 0.25) is 11.8 Å². The lowest BCUT2D eigenvalue weighted by Gasteiger charge is -2.07. The molecule has 0 bridgehead atoms. The Morgan fingerprint density at radius 3 is 2.17 bits per heavy atom. The van der Waals surface area contributed by atoms with Crippen molar-refractivity contribution in [2.45, 2.75) is 11.8 Å². The van der Waals surface area contributed by atoms with Gasteiger partial charge in [0.25, 0.3) is 0 Å². The fraction of sp³-hybridized carbons (Fsp3) is 0.222. The van der Waals surface area contributed by atoms with Gasteiger partial charge in [0.05, 0.1) is 11.5 Å². The molecule has 2 N–H and O–H groups in total. The van der Waals surface area contributed by atoms with Gasteiger partial charge >= 0.3 is 0 Å². The van der Waals surface area contributed by atoms with Gasteiger partial charge in [0.15, 0.2) is 0 Å². The molecule has 2 aromatic rings. The van der Waals surface area contributed by atoms with Gasteiger partial charge in [-0.15, -0.1) is 23.5 Å². The molecule has 0 aliphatic heterocycles. The van der Waals surface area contributed by atoms with E-state index in [0.717, 1.165) is 21.8 Å². The summed E-state index contributed by atoms with van der Waals surface area (Å²) in [6.07, 6.45) is 1.99. The predicted octanol–water partition coefficient (Wildman–Crippen LogP) is 4.03. The molecule has 2 aromatic carbocycles. The molecule has 2 amide bonds. The molecule has 0 saturated carbocycles. The second-order valence-electron chi connectivity index (χ2n) is 5.19. The first-order valence-corrected chi connectivity index (χ1v) is 9.83. The van der Waals surface area contributed by atoms with Crippen molar-refractivity contribution in [3.8, 4) is 0 Å². The van der Waals surface area contributed by atoms with Crippen molar-refractivity contribution in [1.82, 2.24) is 0 Å². The van der Waals surface area contributed by atoms with Crippen LogP contribution in [-0.2, 0) is 9.59 Å². The molecule has 0 atom stereocenters. The summed E-state index contributed by atoms with van der Waals surface area (Å²) in [6, 6.07) is 15.3. The number of amides is 2. The average Bonchev–Trinajstić information content (AvgIpc) is 2.57. The third-order valence-electron chi connectivity index (χ3n) is 3.16. The van der Waals surface area contributed by atoms with Crippen LogP contribution in [0.3, 0.4) is 0 Å². The number of thioether (sulfide) groups is 2. The summed E-state index contributed by atoms with van der Waals surface area (Å²) < 4.78 is 0. The molecule has 0 aliphatic carbocycles. The topological polar surface area (TPSA) is 58.2 Å². The molecule has 0 saturated heterocycles. The van der Waals surface area contributed by atoms with E-state index >= 15 is 0 Å². The number of hydrogen-bond donors (Lipinski definition) is 2. The zero-order chi connectivity index (χ0) is 17.4. The fourth-order valence-corrected chi connectivity index (χ4v) is 3.04. The predicted molar refractivity (Wildman–Crippen MR) is 104 cm³/mol. The molecule has 4 nitrogen and oxygen atoms in total. The summed E-state index contributed by atoms with van der Waals surface area (Å²) in [4.78, 5) is 24.9. The van der Waals surface area contributed by atoms with Crippen molar-refractivity contribution in [1.29, 1.82) is 0 Å². The van der Waals surface area contributed by atoms with Crippen LogP contribution in [0.1, 0.15) is 5.56 Å². The largest absolute Gasteiger partial charge is 0.325 e. The van der Waals surface area contributed by atoms with Crippen LogP contribution in [0.2, 0.25) is 0 Å². The lowest BCUT2D eigenvalue weighted by molar-refractivity contribution is -0.114.